The highest BCUT2D eigenvalue weighted by molar-refractivity contribution is 7.13. The summed E-state index contributed by atoms with van der Waals surface area (Å²) in [7, 11) is 0. The maximum Gasteiger partial charge on any atom is 0.241 e. The molecule has 5 heterocycles. The highest BCUT2D eigenvalue weighted by atomic mass is 32.1. The van der Waals surface area contributed by atoms with E-state index >= 15 is 0 Å². The van der Waals surface area contributed by atoms with Gasteiger partial charge in [-0.05, 0) is 42.8 Å². The van der Waals surface area contributed by atoms with Gasteiger partial charge in [-0.3, -0.25) is 4.90 Å². The lowest BCUT2D eigenvalue weighted by Crippen LogP contribution is -2.42. The first kappa shape index (κ1) is 15.0. The van der Waals surface area contributed by atoms with E-state index in [1.165, 1.54) is 12.8 Å². The molecule has 6 nitrogen and oxygen atoms in total. The van der Waals surface area contributed by atoms with Gasteiger partial charge in [-0.2, -0.15) is 4.98 Å². The first-order valence-corrected chi connectivity index (χ1v) is 9.61. The third kappa shape index (κ3) is 2.42. The molecule has 128 valence electrons. The predicted octanol–water partition coefficient (Wildman–Crippen LogP) is 2.00. The van der Waals surface area contributed by atoms with Crippen molar-refractivity contribution in [1.82, 2.24) is 20.4 Å². The number of aromatic nitrogens is 2. The summed E-state index contributed by atoms with van der Waals surface area (Å²) >= 11 is 1.64. The van der Waals surface area contributed by atoms with Crippen molar-refractivity contribution in [1.29, 1.82) is 0 Å². The highest BCUT2D eigenvalue weighted by Gasteiger charge is 2.54. The van der Waals surface area contributed by atoms with Crippen molar-refractivity contribution in [3.8, 4) is 10.7 Å². The summed E-state index contributed by atoms with van der Waals surface area (Å²) in [6, 6.07) is 4.54. The molecule has 1 spiro atoms. The Balaban J connectivity index is 1.35. The Bertz CT molecular complexity index is 695. The minimum Gasteiger partial charge on any atom is -0.379 e. The summed E-state index contributed by atoms with van der Waals surface area (Å²) in [5.74, 6) is 2.07. The number of ether oxygens (including phenoxy) is 1. The van der Waals surface area contributed by atoms with Crippen LogP contribution in [0.5, 0.6) is 0 Å². The van der Waals surface area contributed by atoms with Crippen molar-refractivity contribution < 1.29 is 9.26 Å². The average Bonchev–Trinajstić information content (AvgIpc) is 3.36. The van der Waals surface area contributed by atoms with Gasteiger partial charge in [-0.1, -0.05) is 11.2 Å². The van der Waals surface area contributed by atoms with Gasteiger partial charge in [0.25, 0.3) is 0 Å². The maximum atomic E-state index is 5.84. The van der Waals surface area contributed by atoms with Crippen LogP contribution in [0.3, 0.4) is 0 Å². The minimum atomic E-state index is 0.406. The van der Waals surface area contributed by atoms with Crippen molar-refractivity contribution >= 4 is 11.3 Å². The fourth-order valence-electron chi connectivity index (χ4n) is 4.75. The van der Waals surface area contributed by atoms with Crippen LogP contribution in [0.2, 0.25) is 0 Å². The second-order valence-corrected chi connectivity index (χ2v) is 8.17. The monoisotopic (exact) mass is 346 g/mol. The van der Waals surface area contributed by atoms with Crippen LogP contribution in [0, 0.1) is 11.3 Å². The lowest BCUT2D eigenvalue weighted by Gasteiger charge is -2.37. The van der Waals surface area contributed by atoms with Crippen molar-refractivity contribution in [2.75, 3.05) is 32.8 Å². The Kier molecular flexibility index (Phi) is 3.70. The third-order valence-corrected chi connectivity index (χ3v) is 6.84. The molecule has 7 heteroatoms. The summed E-state index contributed by atoms with van der Waals surface area (Å²) < 4.78 is 11.4. The number of thiophene rings is 1. The van der Waals surface area contributed by atoms with E-state index in [1.807, 2.05) is 17.5 Å². The molecule has 24 heavy (non-hydrogen) atoms. The molecular weight excluding hydrogens is 324 g/mol. The van der Waals surface area contributed by atoms with Crippen LogP contribution in [0.1, 0.15) is 18.7 Å². The standard InChI is InChI=1S/C17H22N4O2S/c1-2-14(24-7-1)16-19-15(23-20-16)8-21-11-17(3-5-18-6-4-17)12-9-22-10-13(12)21/h1-2,7,12-13,18H,3-6,8-11H2/t12-,13+/m0/s1. The number of nitrogens with one attached hydrogen (secondary N) is 1. The van der Waals surface area contributed by atoms with Crippen molar-refractivity contribution in [2.24, 2.45) is 11.3 Å². The van der Waals surface area contributed by atoms with Crippen molar-refractivity contribution in [3.05, 3.63) is 23.4 Å². The Hall–Kier alpha value is -1.28. The molecule has 3 aliphatic rings. The smallest absolute Gasteiger partial charge is 0.241 e. The van der Waals surface area contributed by atoms with E-state index in [2.05, 4.69) is 20.4 Å². The molecule has 0 bridgehead atoms. The van der Waals surface area contributed by atoms with Crippen LogP contribution >= 0.6 is 11.3 Å². The molecular formula is C17H22N4O2S. The Morgan fingerprint density at radius 1 is 1.33 bits per heavy atom. The van der Waals surface area contributed by atoms with E-state index in [-0.39, 0.29) is 0 Å². The van der Waals surface area contributed by atoms with Crippen LogP contribution in [-0.2, 0) is 11.3 Å². The molecule has 0 aromatic carbocycles. The largest absolute Gasteiger partial charge is 0.379 e. The number of likely N-dealkylation sites (tertiary alicyclic amines) is 1. The van der Waals surface area contributed by atoms with Gasteiger partial charge in [0.15, 0.2) is 0 Å². The van der Waals surface area contributed by atoms with Crippen LogP contribution in [0.25, 0.3) is 10.7 Å². The maximum absolute atomic E-state index is 5.84. The number of nitrogens with zero attached hydrogens (tertiary/aromatic N) is 3. The van der Waals surface area contributed by atoms with Crippen LogP contribution in [0.15, 0.2) is 22.0 Å². The molecule has 2 atom stereocenters. The van der Waals surface area contributed by atoms with Crippen molar-refractivity contribution in [3.63, 3.8) is 0 Å². The molecule has 0 aliphatic carbocycles. The van der Waals surface area contributed by atoms with Gasteiger partial charge in [0.05, 0.1) is 24.6 Å². The minimum absolute atomic E-state index is 0.406. The third-order valence-electron chi connectivity index (χ3n) is 5.97. The molecule has 0 amide bonds. The number of fused-ring (bicyclic) bond motifs is 2. The first-order valence-electron chi connectivity index (χ1n) is 8.73. The molecule has 3 aliphatic heterocycles. The molecule has 2 aromatic rings. The molecule has 0 unspecified atom stereocenters. The van der Waals surface area contributed by atoms with Crippen LogP contribution < -0.4 is 5.32 Å². The molecule has 5 rings (SSSR count). The number of piperidine rings is 1. The van der Waals surface area contributed by atoms with Gasteiger partial charge >= 0.3 is 0 Å². The average molecular weight is 346 g/mol. The predicted molar refractivity (Wildman–Crippen MR) is 90.7 cm³/mol. The van der Waals surface area contributed by atoms with Gasteiger partial charge in [0, 0.05) is 18.5 Å². The summed E-state index contributed by atoms with van der Waals surface area (Å²) in [5, 5.41) is 9.68. The quantitative estimate of drug-likeness (QED) is 0.917. The summed E-state index contributed by atoms with van der Waals surface area (Å²) in [5.41, 5.74) is 0.406. The molecule has 0 radical (unpaired) electrons. The SMILES string of the molecule is c1csc(-c2noc(CN3CC4(CCNCC4)[C@H]4COC[C@H]43)n2)c1. The van der Waals surface area contributed by atoms with E-state index in [4.69, 9.17) is 9.26 Å². The molecule has 0 saturated carbocycles. The molecule has 1 N–H and O–H groups in total. The Labute approximate surface area is 145 Å². The number of rotatable bonds is 3. The normalized spacial score (nSPS) is 29.3. The Morgan fingerprint density at radius 2 is 2.25 bits per heavy atom. The van der Waals surface area contributed by atoms with Gasteiger partial charge in [-0.15, -0.1) is 11.3 Å². The van der Waals surface area contributed by atoms with Gasteiger partial charge in [0.1, 0.15) is 0 Å². The summed E-state index contributed by atoms with van der Waals surface area (Å²) in [4.78, 5) is 8.18. The van der Waals surface area contributed by atoms with Gasteiger partial charge in [0.2, 0.25) is 11.7 Å². The van der Waals surface area contributed by atoms with Crippen LogP contribution in [0.4, 0.5) is 0 Å². The zero-order valence-electron chi connectivity index (χ0n) is 13.6. The fraction of sp³-hybridized carbons (Fsp3) is 0.647. The number of hydrogen-bond donors (Lipinski definition) is 1. The van der Waals surface area contributed by atoms with Crippen molar-refractivity contribution in [2.45, 2.75) is 25.4 Å². The van der Waals surface area contributed by atoms with E-state index in [0.29, 0.717) is 23.2 Å². The second-order valence-electron chi connectivity index (χ2n) is 7.22. The molecule has 2 aromatic heterocycles. The fourth-order valence-corrected chi connectivity index (χ4v) is 5.40. The highest BCUT2D eigenvalue weighted by Crippen LogP contribution is 2.49. The van der Waals surface area contributed by atoms with E-state index in [0.717, 1.165) is 50.2 Å². The van der Waals surface area contributed by atoms with E-state index in [1.54, 1.807) is 11.3 Å². The van der Waals surface area contributed by atoms with E-state index in [9.17, 15) is 0 Å². The lowest BCUT2D eigenvalue weighted by atomic mass is 9.70. The lowest BCUT2D eigenvalue weighted by molar-refractivity contribution is 0.0820. The summed E-state index contributed by atoms with van der Waals surface area (Å²) in [6.07, 6.45) is 2.50. The van der Waals surface area contributed by atoms with Gasteiger partial charge < -0.3 is 14.6 Å². The molecule has 3 saturated heterocycles. The van der Waals surface area contributed by atoms with E-state index < -0.39 is 0 Å². The first-order chi connectivity index (χ1) is 11.8. The topological polar surface area (TPSA) is 63.4 Å². The van der Waals surface area contributed by atoms with Gasteiger partial charge in [-0.25, -0.2) is 0 Å². The molecule has 3 fully saturated rings. The number of hydrogen-bond acceptors (Lipinski definition) is 7. The zero-order chi connectivity index (χ0) is 16.0. The van der Waals surface area contributed by atoms with Crippen LogP contribution in [-0.4, -0.2) is 53.9 Å². The second kappa shape index (κ2) is 5.91. The Morgan fingerprint density at radius 3 is 3.08 bits per heavy atom. The zero-order valence-corrected chi connectivity index (χ0v) is 14.4. The summed E-state index contributed by atoms with van der Waals surface area (Å²) in [6.45, 7) is 5.86.